The van der Waals surface area contributed by atoms with E-state index < -0.39 is 64.4 Å². The third-order valence-electron chi connectivity index (χ3n) is 7.27. The fraction of sp³-hybridized carbons (Fsp3) is 0.462. The number of anilines is 1. The molecule has 46 heavy (non-hydrogen) atoms. The predicted molar refractivity (Wildman–Crippen MR) is 164 cm³/mol. The standard InChI is InChI=1S/C26H34N8O10S2/c1-26(2)17(22(36)34(26)44-46(39,40)41)9-19(35)21(18-13-45-25(29)31-18)32-43-20(23(37)38)12-42-16-5-4-14-10-33(11-15(14)8-16)24(28)30-7-3-6-27/h4-5,8,13,17,20H,3,6-7,9-12,27H2,1-2H3,(H2,28,30)(H2,29,31)(H,37,38)(H,39,40,41)/b32-21-. The van der Waals surface area contributed by atoms with E-state index in [1.165, 1.54) is 19.2 Å². The van der Waals surface area contributed by atoms with Crippen molar-refractivity contribution in [1.82, 2.24) is 14.9 Å². The second-order valence-corrected chi connectivity index (χ2v) is 12.8. The number of nitrogen functional groups attached to an aromatic ring is 1. The van der Waals surface area contributed by atoms with Crippen molar-refractivity contribution in [3.8, 4) is 5.75 Å². The molecule has 0 bridgehead atoms. The van der Waals surface area contributed by atoms with Gasteiger partial charge in [0.15, 0.2) is 22.6 Å². The number of Topliss-reactive ketones (excluding diaryl/α,β-unsaturated/α-hetero) is 1. The first-order chi connectivity index (χ1) is 21.6. The van der Waals surface area contributed by atoms with Gasteiger partial charge >= 0.3 is 16.4 Å². The number of aromatic nitrogens is 1. The van der Waals surface area contributed by atoms with Crippen LogP contribution in [0.4, 0.5) is 5.13 Å². The summed E-state index contributed by atoms with van der Waals surface area (Å²) < 4.78 is 41.2. The number of carbonyl (C=O) groups is 3. The quantitative estimate of drug-likeness (QED) is 0.0409. The highest BCUT2D eigenvalue weighted by Crippen LogP contribution is 2.40. The van der Waals surface area contributed by atoms with E-state index in [0.717, 1.165) is 28.9 Å². The molecule has 0 aliphatic carbocycles. The van der Waals surface area contributed by atoms with Gasteiger partial charge in [0.25, 0.3) is 12.0 Å². The third-order valence-corrected chi connectivity index (χ3v) is 8.28. The lowest BCUT2D eigenvalue weighted by Crippen LogP contribution is -2.68. The Kier molecular flexibility index (Phi) is 10.5. The second kappa shape index (κ2) is 14.0. The molecule has 2 atom stereocenters. The molecule has 0 spiro atoms. The molecule has 8 N–H and O–H groups in total. The Hall–Kier alpha value is -4.37. The lowest BCUT2D eigenvalue weighted by molar-refractivity contribution is -0.228. The number of guanidine groups is 1. The number of carboxylic acid groups (broad SMARTS) is 1. The predicted octanol–water partition coefficient (Wildman–Crippen LogP) is -0.112. The number of ketones is 1. The molecule has 2 unspecified atom stereocenters. The number of benzene rings is 1. The van der Waals surface area contributed by atoms with Gasteiger partial charge in [0.1, 0.15) is 18.1 Å². The summed E-state index contributed by atoms with van der Waals surface area (Å²) in [5, 5.41) is 15.5. The molecule has 1 aromatic heterocycles. The van der Waals surface area contributed by atoms with Crippen LogP contribution in [0.2, 0.25) is 0 Å². The molecule has 2 aliphatic rings. The fourth-order valence-electron chi connectivity index (χ4n) is 4.73. The summed E-state index contributed by atoms with van der Waals surface area (Å²) >= 11 is 0.984. The van der Waals surface area contributed by atoms with Crippen LogP contribution in [-0.4, -0.2) is 93.7 Å². The highest BCUT2D eigenvalue weighted by Gasteiger charge is 2.57. The van der Waals surface area contributed by atoms with Gasteiger partial charge in [0.05, 0.1) is 11.5 Å². The van der Waals surface area contributed by atoms with Crippen LogP contribution in [0, 0.1) is 5.92 Å². The van der Waals surface area contributed by atoms with Crippen molar-refractivity contribution in [2.75, 3.05) is 25.4 Å². The van der Waals surface area contributed by atoms with Gasteiger partial charge in [-0.2, -0.15) is 13.5 Å². The molecule has 0 radical (unpaired) electrons. The van der Waals surface area contributed by atoms with Crippen molar-refractivity contribution < 1.29 is 46.3 Å². The maximum absolute atomic E-state index is 13.3. The van der Waals surface area contributed by atoms with E-state index in [1.54, 1.807) is 12.1 Å². The van der Waals surface area contributed by atoms with E-state index >= 15 is 0 Å². The highest BCUT2D eigenvalue weighted by atomic mass is 32.3. The maximum Gasteiger partial charge on any atom is 0.418 e. The summed E-state index contributed by atoms with van der Waals surface area (Å²) in [7, 11) is -4.99. The molecule has 1 amide bonds. The topological polar surface area (TPSA) is 276 Å². The number of thiazole rings is 1. The largest absolute Gasteiger partial charge is 0.489 e. The zero-order chi connectivity index (χ0) is 33.8. The first-order valence-corrected chi connectivity index (χ1v) is 16.1. The first-order valence-electron chi connectivity index (χ1n) is 13.8. The number of nitrogens with zero attached hydrogens (tertiary/aromatic N) is 5. The molecular formula is C26H34N8O10S2. The van der Waals surface area contributed by atoms with Crippen LogP contribution in [0.5, 0.6) is 5.75 Å². The monoisotopic (exact) mass is 682 g/mol. The second-order valence-electron chi connectivity index (χ2n) is 10.9. The summed E-state index contributed by atoms with van der Waals surface area (Å²) in [6.07, 6.45) is -1.44. The summed E-state index contributed by atoms with van der Waals surface area (Å²) in [6, 6.07) is 5.26. The number of ether oxygens (including phenoxy) is 1. The fourth-order valence-corrected chi connectivity index (χ4v) is 5.73. The summed E-state index contributed by atoms with van der Waals surface area (Å²) in [6.45, 7) is 4.43. The highest BCUT2D eigenvalue weighted by molar-refractivity contribution is 7.80. The molecule has 250 valence electrons. The van der Waals surface area contributed by atoms with E-state index in [4.69, 9.17) is 31.3 Å². The Morgan fingerprint density at radius 2 is 1.98 bits per heavy atom. The van der Waals surface area contributed by atoms with Crippen LogP contribution >= 0.6 is 11.3 Å². The van der Waals surface area contributed by atoms with Gasteiger partial charge in [-0.25, -0.2) is 9.78 Å². The van der Waals surface area contributed by atoms with Gasteiger partial charge in [-0.1, -0.05) is 11.2 Å². The lowest BCUT2D eigenvalue weighted by Gasteiger charge is -2.50. The number of amides is 1. The Labute approximate surface area is 267 Å². The minimum atomic E-state index is -4.99. The Bertz CT molecular complexity index is 1660. The first kappa shape index (κ1) is 34.5. The molecule has 1 aromatic carbocycles. The zero-order valence-corrected chi connectivity index (χ0v) is 26.5. The lowest BCUT2D eigenvalue weighted by atomic mass is 9.74. The van der Waals surface area contributed by atoms with Gasteiger partial charge in [0.2, 0.25) is 0 Å². The number of aliphatic imine (C=N–C) groups is 1. The zero-order valence-electron chi connectivity index (χ0n) is 24.9. The van der Waals surface area contributed by atoms with Crippen LogP contribution in [0.3, 0.4) is 0 Å². The molecule has 1 saturated heterocycles. The van der Waals surface area contributed by atoms with E-state index in [-0.39, 0.29) is 10.8 Å². The molecule has 20 heteroatoms. The van der Waals surface area contributed by atoms with Crippen LogP contribution < -0.4 is 21.9 Å². The number of nitrogens with two attached hydrogens (primary N) is 3. The number of hydrogen-bond acceptors (Lipinski definition) is 14. The van der Waals surface area contributed by atoms with Crippen molar-refractivity contribution in [2.45, 2.75) is 51.4 Å². The van der Waals surface area contributed by atoms with E-state index in [2.05, 4.69) is 19.4 Å². The van der Waals surface area contributed by atoms with E-state index in [9.17, 15) is 27.9 Å². The Morgan fingerprint density at radius 1 is 1.26 bits per heavy atom. The smallest absolute Gasteiger partial charge is 0.418 e. The summed E-state index contributed by atoms with van der Waals surface area (Å²) in [4.78, 5) is 53.4. The summed E-state index contributed by atoms with van der Waals surface area (Å²) in [5.41, 5.74) is 17.5. The van der Waals surface area contributed by atoms with Crippen LogP contribution in [0.1, 0.15) is 43.5 Å². The van der Waals surface area contributed by atoms with Gasteiger partial charge in [-0.3, -0.25) is 19.1 Å². The molecule has 1 fully saturated rings. The average Bonchev–Trinajstić information content (AvgIpc) is 3.61. The van der Waals surface area contributed by atoms with Gasteiger partial charge < -0.3 is 36.8 Å². The molecule has 2 aromatic rings. The van der Waals surface area contributed by atoms with Crippen LogP contribution in [0.15, 0.2) is 33.7 Å². The molecule has 0 saturated carbocycles. The number of aliphatic carboxylic acids is 1. The molecule has 4 rings (SSSR count). The minimum absolute atomic E-state index is 0.0257. The number of β-lactam (4-membered cyclic amide) rings is 1. The number of rotatable bonds is 15. The SMILES string of the molecule is CC1(C)C(CC(=O)/C(=N\OC(COc2ccc3c(c2)CN(C(N)=NCCCN)C3)C(=O)O)c2csc(N)n2)C(=O)N1OS(=O)(=O)O. The van der Waals surface area contributed by atoms with Crippen molar-refractivity contribution in [2.24, 2.45) is 27.5 Å². The van der Waals surface area contributed by atoms with Gasteiger partial charge in [-0.05, 0) is 50.1 Å². The van der Waals surface area contributed by atoms with Crippen molar-refractivity contribution in [3.05, 3.63) is 40.4 Å². The number of hydroxylamine groups is 2. The Balaban J connectivity index is 1.44. The van der Waals surface area contributed by atoms with Crippen LogP contribution in [0.25, 0.3) is 0 Å². The molecule has 18 nitrogen and oxygen atoms in total. The van der Waals surface area contributed by atoms with Gasteiger partial charge in [-0.15, -0.1) is 15.6 Å². The van der Waals surface area contributed by atoms with E-state index in [1.807, 2.05) is 11.0 Å². The minimum Gasteiger partial charge on any atom is -0.489 e. The number of oxime groups is 1. The Morgan fingerprint density at radius 3 is 2.59 bits per heavy atom. The third kappa shape index (κ3) is 8.07. The molecular weight excluding hydrogens is 648 g/mol. The molecule has 3 heterocycles. The van der Waals surface area contributed by atoms with Crippen molar-refractivity contribution in [3.63, 3.8) is 0 Å². The normalized spacial score (nSPS) is 18.6. The van der Waals surface area contributed by atoms with Crippen molar-refractivity contribution in [1.29, 1.82) is 0 Å². The summed E-state index contributed by atoms with van der Waals surface area (Å²) in [5.74, 6) is -3.41. The number of carboxylic acids is 1. The number of fused-ring (bicyclic) bond motifs is 1. The van der Waals surface area contributed by atoms with Crippen LogP contribution in [-0.2, 0) is 47.0 Å². The number of carbonyl (C=O) groups excluding carboxylic acids is 2. The van der Waals surface area contributed by atoms with E-state index in [0.29, 0.717) is 43.0 Å². The average molecular weight is 683 g/mol. The molecule has 2 aliphatic heterocycles. The van der Waals surface area contributed by atoms with Gasteiger partial charge in [0, 0.05) is 31.4 Å². The number of hydrogen-bond donors (Lipinski definition) is 5. The van der Waals surface area contributed by atoms with Crippen molar-refractivity contribution >= 4 is 56.2 Å². The maximum atomic E-state index is 13.3.